The molecule has 1 aromatic heterocycles. The van der Waals surface area contributed by atoms with E-state index in [0.717, 1.165) is 17.1 Å². The molecular weight excluding hydrogens is 424 g/mol. The second-order valence-corrected chi connectivity index (χ2v) is 9.23. The summed E-state index contributed by atoms with van der Waals surface area (Å²) in [5.41, 5.74) is 3.67. The maximum atomic E-state index is 11.1. The summed E-state index contributed by atoms with van der Waals surface area (Å²) >= 11 is 3.02. The number of carboxylic acids is 1. The standard InChI is InChI=1S/C25H22N2O2S2/c28-23(29)22-18-27-24(31-22)26-16-17-30-25(19-10-4-1-5-11-19,20-12-6-2-7-13-20)21-14-8-3-9-15-21/h1-15,18H,16-17H2,(H,26,27)(H,28,29). The SMILES string of the molecule is O=C(O)c1cnc(NCCSC(c2ccccc2)(c2ccccc2)c2ccccc2)s1. The van der Waals surface area contributed by atoms with E-state index in [2.05, 4.69) is 83.1 Å². The zero-order valence-corrected chi connectivity index (χ0v) is 18.4. The molecule has 0 spiro atoms. The Morgan fingerprint density at radius 1 is 0.871 bits per heavy atom. The maximum absolute atomic E-state index is 11.1. The fraction of sp³-hybridized carbons (Fsp3) is 0.120. The van der Waals surface area contributed by atoms with Gasteiger partial charge in [0.25, 0.3) is 0 Å². The summed E-state index contributed by atoms with van der Waals surface area (Å²) in [7, 11) is 0. The Hall–Kier alpha value is -3.09. The van der Waals surface area contributed by atoms with E-state index in [9.17, 15) is 4.79 Å². The lowest BCUT2D eigenvalue weighted by atomic mass is 9.84. The van der Waals surface area contributed by atoms with Gasteiger partial charge in [-0.3, -0.25) is 0 Å². The van der Waals surface area contributed by atoms with Gasteiger partial charge >= 0.3 is 5.97 Å². The molecule has 0 aliphatic carbocycles. The van der Waals surface area contributed by atoms with Crippen LogP contribution in [0.1, 0.15) is 26.4 Å². The van der Waals surface area contributed by atoms with Gasteiger partial charge in [-0.05, 0) is 16.7 Å². The van der Waals surface area contributed by atoms with Crippen LogP contribution in [0.25, 0.3) is 0 Å². The van der Waals surface area contributed by atoms with E-state index in [1.165, 1.54) is 22.9 Å². The minimum Gasteiger partial charge on any atom is -0.477 e. The van der Waals surface area contributed by atoms with Gasteiger partial charge in [-0.25, -0.2) is 9.78 Å². The van der Waals surface area contributed by atoms with E-state index >= 15 is 0 Å². The molecule has 0 fully saturated rings. The zero-order chi connectivity index (χ0) is 21.5. The molecule has 3 aromatic carbocycles. The number of nitrogens with one attached hydrogen (secondary N) is 1. The average Bonchev–Trinajstić information content (AvgIpc) is 3.31. The Balaban J connectivity index is 1.64. The van der Waals surface area contributed by atoms with Crippen molar-refractivity contribution in [3.05, 3.63) is 119 Å². The Bertz CT molecular complexity index is 1020. The molecule has 0 unspecified atom stereocenters. The molecule has 4 aromatic rings. The number of thiazole rings is 1. The third-order valence-electron chi connectivity index (χ3n) is 4.95. The normalized spacial score (nSPS) is 11.2. The Kier molecular flexibility index (Phi) is 6.70. The number of anilines is 1. The first-order chi connectivity index (χ1) is 15.2. The molecule has 0 aliphatic heterocycles. The van der Waals surface area contributed by atoms with Gasteiger partial charge in [0.15, 0.2) is 5.13 Å². The van der Waals surface area contributed by atoms with E-state index < -0.39 is 5.97 Å². The van der Waals surface area contributed by atoms with Crippen LogP contribution in [-0.2, 0) is 4.75 Å². The van der Waals surface area contributed by atoms with Crippen LogP contribution in [0.5, 0.6) is 0 Å². The van der Waals surface area contributed by atoms with E-state index in [4.69, 9.17) is 5.11 Å². The van der Waals surface area contributed by atoms with Gasteiger partial charge < -0.3 is 10.4 Å². The van der Waals surface area contributed by atoms with Crippen LogP contribution >= 0.6 is 23.1 Å². The summed E-state index contributed by atoms with van der Waals surface area (Å²) in [5.74, 6) is -0.142. The van der Waals surface area contributed by atoms with Crippen molar-refractivity contribution in [2.75, 3.05) is 17.6 Å². The highest BCUT2D eigenvalue weighted by Gasteiger charge is 2.36. The topological polar surface area (TPSA) is 62.2 Å². The van der Waals surface area contributed by atoms with Crippen molar-refractivity contribution in [1.29, 1.82) is 0 Å². The van der Waals surface area contributed by atoms with Gasteiger partial charge in [-0.2, -0.15) is 0 Å². The second kappa shape index (κ2) is 9.81. The van der Waals surface area contributed by atoms with Gasteiger partial charge in [0.2, 0.25) is 0 Å². The maximum Gasteiger partial charge on any atom is 0.347 e. The number of thioether (sulfide) groups is 1. The lowest BCUT2D eigenvalue weighted by Gasteiger charge is -2.35. The van der Waals surface area contributed by atoms with Gasteiger partial charge in [-0.15, -0.1) is 11.8 Å². The van der Waals surface area contributed by atoms with Crippen molar-refractivity contribution in [3.8, 4) is 0 Å². The minimum absolute atomic E-state index is 0.238. The highest BCUT2D eigenvalue weighted by Crippen LogP contribution is 2.48. The van der Waals surface area contributed by atoms with Crippen LogP contribution in [0, 0.1) is 0 Å². The molecule has 0 radical (unpaired) electrons. The molecule has 156 valence electrons. The van der Waals surface area contributed by atoms with E-state index in [1.54, 1.807) is 0 Å². The van der Waals surface area contributed by atoms with Crippen molar-refractivity contribution in [2.24, 2.45) is 0 Å². The van der Waals surface area contributed by atoms with Crippen molar-refractivity contribution in [1.82, 2.24) is 4.98 Å². The summed E-state index contributed by atoms with van der Waals surface area (Å²) in [6, 6.07) is 31.7. The van der Waals surface area contributed by atoms with Crippen molar-refractivity contribution in [2.45, 2.75) is 4.75 Å². The van der Waals surface area contributed by atoms with Crippen LogP contribution in [0.4, 0.5) is 5.13 Å². The third-order valence-corrected chi connectivity index (χ3v) is 7.45. The molecule has 0 bridgehead atoms. The number of hydrogen-bond acceptors (Lipinski definition) is 5. The minimum atomic E-state index is -0.948. The van der Waals surface area contributed by atoms with Crippen LogP contribution in [0.2, 0.25) is 0 Å². The molecule has 0 saturated carbocycles. The largest absolute Gasteiger partial charge is 0.477 e. The molecule has 0 saturated heterocycles. The highest BCUT2D eigenvalue weighted by molar-refractivity contribution is 8.00. The van der Waals surface area contributed by atoms with Gasteiger partial charge in [0, 0.05) is 12.3 Å². The molecule has 31 heavy (non-hydrogen) atoms. The van der Waals surface area contributed by atoms with Gasteiger partial charge in [0.05, 0.1) is 10.9 Å². The Labute approximate surface area is 190 Å². The number of carboxylic acid groups (broad SMARTS) is 1. The van der Waals surface area contributed by atoms with Crippen molar-refractivity contribution in [3.63, 3.8) is 0 Å². The van der Waals surface area contributed by atoms with Crippen LogP contribution < -0.4 is 5.32 Å². The summed E-state index contributed by atoms with van der Waals surface area (Å²) in [4.78, 5) is 15.5. The van der Waals surface area contributed by atoms with Gasteiger partial charge in [-0.1, -0.05) is 102 Å². The fourth-order valence-electron chi connectivity index (χ4n) is 3.59. The molecule has 0 atom stereocenters. The zero-order valence-electron chi connectivity index (χ0n) is 16.8. The molecule has 2 N–H and O–H groups in total. The smallest absolute Gasteiger partial charge is 0.347 e. The number of carbonyl (C=O) groups is 1. The molecule has 1 heterocycles. The second-order valence-electron chi connectivity index (χ2n) is 6.89. The summed E-state index contributed by atoms with van der Waals surface area (Å²) < 4.78 is -0.361. The molecule has 0 amide bonds. The van der Waals surface area contributed by atoms with Crippen LogP contribution in [0.3, 0.4) is 0 Å². The molecule has 6 heteroatoms. The number of hydrogen-bond donors (Lipinski definition) is 2. The highest BCUT2D eigenvalue weighted by atomic mass is 32.2. The molecule has 4 rings (SSSR count). The first-order valence-corrected chi connectivity index (χ1v) is 11.7. The summed E-state index contributed by atoms with van der Waals surface area (Å²) in [6.45, 7) is 0.672. The number of aromatic nitrogens is 1. The number of rotatable bonds is 9. The predicted octanol–water partition coefficient (Wildman–Crippen LogP) is 5.98. The number of nitrogens with zero attached hydrogens (tertiary/aromatic N) is 1. The van der Waals surface area contributed by atoms with Crippen LogP contribution in [-0.4, -0.2) is 28.4 Å². The molecular formula is C25H22N2O2S2. The van der Waals surface area contributed by atoms with Crippen LogP contribution in [0.15, 0.2) is 97.2 Å². The van der Waals surface area contributed by atoms with E-state index in [0.29, 0.717) is 11.7 Å². The lowest BCUT2D eigenvalue weighted by Crippen LogP contribution is -2.27. The summed E-state index contributed by atoms with van der Waals surface area (Å²) in [6.07, 6.45) is 1.39. The molecule has 0 aliphatic rings. The fourth-order valence-corrected chi connectivity index (χ4v) is 5.68. The predicted molar refractivity (Wildman–Crippen MR) is 129 cm³/mol. The summed E-state index contributed by atoms with van der Waals surface area (Å²) in [5, 5.41) is 13.0. The lowest BCUT2D eigenvalue weighted by molar-refractivity contribution is 0.0702. The van der Waals surface area contributed by atoms with Crippen molar-refractivity contribution >= 4 is 34.2 Å². The van der Waals surface area contributed by atoms with E-state index in [-0.39, 0.29) is 9.62 Å². The first-order valence-electron chi connectivity index (χ1n) is 9.93. The third kappa shape index (κ3) is 4.65. The Morgan fingerprint density at radius 2 is 1.35 bits per heavy atom. The van der Waals surface area contributed by atoms with Crippen molar-refractivity contribution < 1.29 is 9.90 Å². The monoisotopic (exact) mass is 446 g/mol. The first kappa shape index (κ1) is 21.2. The number of aromatic carboxylic acids is 1. The van der Waals surface area contributed by atoms with Gasteiger partial charge in [0.1, 0.15) is 4.88 Å². The quantitative estimate of drug-likeness (QED) is 0.245. The van der Waals surface area contributed by atoms with E-state index in [1.807, 2.05) is 30.0 Å². The molecule has 4 nitrogen and oxygen atoms in total. The average molecular weight is 447 g/mol. The number of benzene rings is 3. The Morgan fingerprint density at radius 3 is 1.77 bits per heavy atom.